The Morgan fingerprint density at radius 3 is 2.45 bits per heavy atom. The molecule has 0 radical (unpaired) electrons. The number of H-pyrrole nitrogens is 1. The summed E-state index contributed by atoms with van der Waals surface area (Å²) in [5.41, 5.74) is 2.26. The van der Waals surface area contributed by atoms with Gasteiger partial charge in [-0.25, -0.2) is 0 Å². The molecule has 116 valence electrons. The van der Waals surface area contributed by atoms with Crippen molar-refractivity contribution in [3.8, 4) is 0 Å². The monoisotopic (exact) mass is 298 g/mol. The van der Waals surface area contributed by atoms with Gasteiger partial charge in [0.05, 0.1) is 0 Å². The number of hydrogen-bond acceptors (Lipinski definition) is 3. The summed E-state index contributed by atoms with van der Waals surface area (Å²) < 4.78 is 1.88. The third-order valence-corrected chi connectivity index (χ3v) is 3.40. The van der Waals surface area contributed by atoms with Gasteiger partial charge in [0.15, 0.2) is 0 Å². The van der Waals surface area contributed by atoms with Crippen LogP contribution in [-0.4, -0.2) is 19.6 Å². The molecule has 5 heteroatoms. The van der Waals surface area contributed by atoms with Gasteiger partial charge in [-0.15, -0.1) is 10.2 Å². The van der Waals surface area contributed by atoms with Crippen molar-refractivity contribution in [3.05, 3.63) is 63.8 Å². The molecule has 2 aromatic heterocycles. The molecule has 0 aliphatic rings. The van der Waals surface area contributed by atoms with Crippen LogP contribution in [0.4, 0.5) is 0 Å². The Labute approximate surface area is 130 Å². The summed E-state index contributed by atoms with van der Waals surface area (Å²) in [6.07, 6.45) is 3.00. The highest BCUT2D eigenvalue weighted by atomic mass is 16.1. The summed E-state index contributed by atoms with van der Waals surface area (Å²) in [6.45, 7) is 6.11. The molecule has 1 N–H and O–H groups in total. The Morgan fingerprint density at radius 2 is 1.86 bits per heavy atom. The quantitative estimate of drug-likeness (QED) is 0.808. The number of aryl methyl sites for hydroxylation is 3. The number of nitrogens with one attached hydrogen (secondary N) is 1. The molecule has 0 bridgehead atoms. The average Bonchev–Trinajstić information content (AvgIpc) is 2.90. The Bertz CT molecular complexity index is 774. The van der Waals surface area contributed by atoms with E-state index in [-0.39, 0.29) is 5.56 Å². The average molecular weight is 298 g/mol. The van der Waals surface area contributed by atoms with Crippen LogP contribution < -0.4 is 5.56 Å². The number of nitrogens with zero attached hydrogens (tertiary/aromatic N) is 3. The second kappa shape index (κ2) is 7.54. The fourth-order valence-electron chi connectivity index (χ4n) is 2.30. The summed E-state index contributed by atoms with van der Waals surface area (Å²) in [5.74, 6) is 1.33. The van der Waals surface area contributed by atoms with E-state index in [1.54, 1.807) is 6.07 Å². The maximum atomic E-state index is 11.3. The predicted molar refractivity (Wildman–Crippen MR) is 88.2 cm³/mol. The van der Waals surface area contributed by atoms with Gasteiger partial charge in [0, 0.05) is 11.8 Å². The highest BCUT2D eigenvalue weighted by Crippen LogP contribution is 2.05. The SMILES string of the molecule is CCCc1cc(=O)[nH]c2nnc(C)n12.CCc1ccccc1. The molecule has 0 spiro atoms. The van der Waals surface area contributed by atoms with Crippen LogP contribution in [-0.2, 0) is 12.8 Å². The zero-order valence-electron chi connectivity index (χ0n) is 13.3. The standard InChI is InChI=1S/C9H12N4O.C8H10/c1-3-4-7-5-8(14)10-9-12-11-6(2)13(7)9;1-2-8-6-4-3-5-7-8/h5H,3-4H2,1-2H3,(H,10,12,14);3-7H,2H2,1H3. The molecule has 0 amide bonds. The third kappa shape index (κ3) is 3.81. The molecular formula is C17H22N4O. The van der Waals surface area contributed by atoms with E-state index in [0.717, 1.165) is 30.8 Å². The van der Waals surface area contributed by atoms with Crippen LogP contribution in [0.5, 0.6) is 0 Å². The lowest BCUT2D eigenvalue weighted by atomic mass is 10.2. The van der Waals surface area contributed by atoms with Crippen molar-refractivity contribution in [1.82, 2.24) is 19.6 Å². The lowest BCUT2D eigenvalue weighted by Gasteiger charge is -2.02. The van der Waals surface area contributed by atoms with Crippen LogP contribution in [0.3, 0.4) is 0 Å². The third-order valence-electron chi connectivity index (χ3n) is 3.40. The first-order chi connectivity index (χ1) is 10.7. The maximum absolute atomic E-state index is 11.3. The molecule has 0 unspecified atom stereocenters. The van der Waals surface area contributed by atoms with Gasteiger partial charge < -0.3 is 0 Å². The molecule has 0 aliphatic carbocycles. The topological polar surface area (TPSA) is 63.0 Å². The predicted octanol–water partition coefficient (Wildman–Crippen LogP) is 2.93. The Hall–Kier alpha value is -2.43. The van der Waals surface area contributed by atoms with Crippen molar-refractivity contribution >= 4 is 5.78 Å². The van der Waals surface area contributed by atoms with E-state index in [0.29, 0.717) is 5.78 Å². The Balaban J connectivity index is 0.000000188. The van der Waals surface area contributed by atoms with E-state index in [1.165, 1.54) is 5.56 Å². The van der Waals surface area contributed by atoms with E-state index < -0.39 is 0 Å². The first-order valence-corrected chi connectivity index (χ1v) is 7.63. The van der Waals surface area contributed by atoms with Gasteiger partial charge in [0.25, 0.3) is 5.56 Å². The molecule has 0 fully saturated rings. The van der Waals surface area contributed by atoms with Gasteiger partial charge >= 0.3 is 0 Å². The fraction of sp³-hybridized carbons (Fsp3) is 0.353. The number of benzene rings is 1. The van der Waals surface area contributed by atoms with E-state index in [1.807, 2.05) is 17.4 Å². The van der Waals surface area contributed by atoms with Gasteiger partial charge in [-0.05, 0) is 25.3 Å². The number of rotatable bonds is 3. The van der Waals surface area contributed by atoms with Crippen LogP contribution in [0.15, 0.2) is 41.2 Å². The molecule has 2 heterocycles. The summed E-state index contributed by atoms with van der Waals surface area (Å²) in [6, 6.07) is 12.1. The molecule has 0 atom stereocenters. The number of aromatic nitrogens is 4. The van der Waals surface area contributed by atoms with Crippen molar-refractivity contribution in [1.29, 1.82) is 0 Å². The molecule has 22 heavy (non-hydrogen) atoms. The first-order valence-electron chi connectivity index (χ1n) is 7.63. The fourth-order valence-corrected chi connectivity index (χ4v) is 2.30. The number of aromatic amines is 1. The second-order valence-corrected chi connectivity index (χ2v) is 5.12. The zero-order chi connectivity index (χ0) is 15.9. The Morgan fingerprint density at radius 1 is 1.14 bits per heavy atom. The molecule has 0 saturated heterocycles. The molecule has 1 aromatic carbocycles. The van der Waals surface area contributed by atoms with Crippen molar-refractivity contribution in [2.75, 3.05) is 0 Å². The van der Waals surface area contributed by atoms with Crippen molar-refractivity contribution in [2.24, 2.45) is 0 Å². The molecule has 5 nitrogen and oxygen atoms in total. The summed E-state index contributed by atoms with van der Waals surface area (Å²) in [7, 11) is 0. The van der Waals surface area contributed by atoms with Gasteiger partial charge in [0.2, 0.25) is 5.78 Å². The molecular weight excluding hydrogens is 276 g/mol. The van der Waals surface area contributed by atoms with Gasteiger partial charge in [-0.1, -0.05) is 50.6 Å². The van der Waals surface area contributed by atoms with E-state index in [9.17, 15) is 4.79 Å². The van der Waals surface area contributed by atoms with Crippen molar-refractivity contribution < 1.29 is 0 Å². The largest absolute Gasteiger partial charge is 0.291 e. The first kappa shape index (κ1) is 15.9. The molecule has 3 aromatic rings. The zero-order valence-corrected chi connectivity index (χ0v) is 13.3. The van der Waals surface area contributed by atoms with Gasteiger partial charge in [-0.3, -0.25) is 14.2 Å². The minimum atomic E-state index is -0.117. The van der Waals surface area contributed by atoms with E-state index >= 15 is 0 Å². The highest BCUT2D eigenvalue weighted by Gasteiger charge is 2.06. The molecule has 0 saturated carbocycles. The van der Waals surface area contributed by atoms with Crippen LogP contribution in [0.1, 0.15) is 37.4 Å². The normalized spacial score (nSPS) is 10.3. The minimum Gasteiger partial charge on any atom is -0.291 e. The van der Waals surface area contributed by atoms with Crippen LogP contribution >= 0.6 is 0 Å². The van der Waals surface area contributed by atoms with Crippen LogP contribution in [0.2, 0.25) is 0 Å². The Kier molecular flexibility index (Phi) is 5.47. The van der Waals surface area contributed by atoms with Crippen molar-refractivity contribution in [2.45, 2.75) is 40.0 Å². The minimum absolute atomic E-state index is 0.117. The smallest absolute Gasteiger partial charge is 0.252 e. The molecule has 3 rings (SSSR count). The van der Waals surface area contributed by atoms with E-state index in [2.05, 4.69) is 53.3 Å². The lowest BCUT2D eigenvalue weighted by molar-refractivity contribution is 0.830. The van der Waals surface area contributed by atoms with Crippen LogP contribution in [0.25, 0.3) is 5.78 Å². The summed E-state index contributed by atoms with van der Waals surface area (Å²) in [4.78, 5) is 13.9. The van der Waals surface area contributed by atoms with Crippen LogP contribution in [0, 0.1) is 6.92 Å². The highest BCUT2D eigenvalue weighted by molar-refractivity contribution is 5.29. The molecule has 0 aliphatic heterocycles. The lowest BCUT2D eigenvalue weighted by Crippen LogP contribution is -2.12. The maximum Gasteiger partial charge on any atom is 0.252 e. The van der Waals surface area contributed by atoms with Gasteiger partial charge in [0.1, 0.15) is 5.82 Å². The summed E-state index contributed by atoms with van der Waals surface area (Å²) in [5, 5.41) is 7.80. The van der Waals surface area contributed by atoms with Crippen molar-refractivity contribution in [3.63, 3.8) is 0 Å². The number of hydrogen-bond donors (Lipinski definition) is 1. The van der Waals surface area contributed by atoms with Gasteiger partial charge in [-0.2, -0.15) is 0 Å². The number of fused-ring (bicyclic) bond motifs is 1. The van der Waals surface area contributed by atoms with E-state index in [4.69, 9.17) is 0 Å². The second-order valence-electron chi connectivity index (χ2n) is 5.12. The summed E-state index contributed by atoms with van der Waals surface area (Å²) >= 11 is 0.